The first-order valence-corrected chi connectivity index (χ1v) is 9.26. The summed E-state index contributed by atoms with van der Waals surface area (Å²) in [5.74, 6) is -0.247. The normalized spacial score (nSPS) is 30.9. The summed E-state index contributed by atoms with van der Waals surface area (Å²) in [7, 11) is 0. The highest BCUT2D eigenvalue weighted by Crippen LogP contribution is 2.15. The molecule has 8 nitrogen and oxygen atoms in total. The van der Waals surface area contributed by atoms with E-state index in [0.717, 1.165) is 25.7 Å². The van der Waals surface area contributed by atoms with Crippen molar-refractivity contribution in [3.8, 4) is 0 Å². The molecule has 148 valence electrons. The molecule has 0 bridgehead atoms. The molecule has 8 heteroatoms. The van der Waals surface area contributed by atoms with E-state index in [1.165, 1.54) is 0 Å². The number of aliphatic hydroxyl groups is 5. The summed E-state index contributed by atoms with van der Waals surface area (Å²) in [6.07, 6.45) is 1.22. The Labute approximate surface area is 149 Å². The molecule has 0 spiro atoms. The van der Waals surface area contributed by atoms with Gasteiger partial charge in [-0.1, -0.05) is 32.6 Å². The molecule has 1 unspecified atom stereocenters. The van der Waals surface area contributed by atoms with Gasteiger partial charge in [-0.25, -0.2) is 0 Å². The van der Waals surface area contributed by atoms with Gasteiger partial charge in [0.1, 0.15) is 6.10 Å². The second-order valence-corrected chi connectivity index (χ2v) is 6.88. The third-order valence-corrected chi connectivity index (χ3v) is 4.76. The first-order valence-electron chi connectivity index (χ1n) is 9.26. The lowest BCUT2D eigenvalue weighted by Crippen LogP contribution is -2.68. The topological polar surface area (TPSA) is 142 Å². The minimum absolute atomic E-state index is 0.0624. The fourth-order valence-electron chi connectivity index (χ4n) is 3.05. The molecule has 7 N–H and O–H groups in total. The van der Waals surface area contributed by atoms with Crippen molar-refractivity contribution in [1.82, 2.24) is 10.6 Å². The van der Waals surface area contributed by atoms with Crippen LogP contribution in [-0.2, 0) is 4.79 Å². The molecular formula is C17H34N2O6. The van der Waals surface area contributed by atoms with Crippen LogP contribution < -0.4 is 10.6 Å². The van der Waals surface area contributed by atoms with Gasteiger partial charge in [-0.15, -0.1) is 0 Å². The molecule has 25 heavy (non-hydrogen) atoms. The van der Waals surface area contributed by atoms with E-state index in [1.807, 2.05) is 0 Å². The summed E-state index contributed by atoms with van der Waals surface area (Å²) in [6, 6.07) is -1.43. The van der Waals surface area contributed by atoms with E-state index in [-0.39, 0.29) is 25.5 Å². The third-order valence-electron chi connectivity index (χ3n) is 4.76. The Morgan fingerprint density at radius 2 is 1.72 bits per heavy atom. The maximum absolute atomic E-state index is 11.9. The van der Waals surface area contributed by atoms with Crippen LogP contribution in [0.4, 0.5) is 0 Å². The Hall–Kier alpha value is -0.770. The van der Waals surface area contributed by atoms with E-state index in [0.29, 0.717) is 12.8 Å². The van der Waals surface area contributed by atoms with Crippen LogP contribution in [0.2, 0.25) is 0 Å². The lowest BCUT2D eigenvalue weighted by atomic mass is 9.90. The molecule has 1 saturated heterocycles. The maximum Gasteiger partial charge on any atom is 0.220 e. The van der Waals surface area contributed by atoms with E-state index in [1.54, 1.807) is 0 Å². The molecule has 1 amide bonds. The van der Waals surface area contributed by atoms with Crippen LogP contribution in [0.1, 0.15) is 51.9 Å². The Morgan fingerprint density at radius 1 is 1.04 bits per heavy atom. The summed E-state index contributed by atoms with van der Waals surface area (Å²) in [4.78, 5) is 11.9. The maximum atomic E-state index is 11.9. The number of amides is 1. The number of unbranched alkanes of at least 4 members (excludes halogenated alkanes) is 3. The Morgan fingerprint density at radius 3 is 2.36 bits per heavy atom. The molecule has 0 radical (unpaired) electrons. The average Bonchev–Trinajstić information content (AvgIpc) is 2.61. The lowest BCUT2D eigenvalue weighted by molar-refractivity contribution is -0.126. The van der Waals surface area contributed by atoms with Crippen molar-refractivity contribution >= 4 is 5.91 Å². The minimum atomic E-state index is -1.38. The summed E-state index contributed by atoms with van der Waals surface area (Å²) < 4.78 is 0. The summed E-state index contributed by atoms with van der Waals surface area (Å²) in [6.45, 7) is 1.80. The molecule has 1 aliphatic heterocycles. The Balaban J connectivity index is 2.26. The molecule has 1 rings (SSSR count). The molecule has 1 aliphatic rings. The van der Waals surface area contributed by atoms with Gasteiger partial charge in [0.15, 0.2) is 0 Å². The molecule has 0 aromatic rings. The van der Waals surface area contributed by atoms with Crippen molar-refractivity contribution in [2.45, 2.75) is 88.4 Å². The van der Waals surface area contributed by atoms with Gasteiger partial charge < -0.3 is 36.2 Å². The first-order chi connectivity index (χ1) is 11.9. The van der Waals surface area contributed by atoms with Gasteiger partial charge in [0, 0.05) is 13.0 Å². The van der Waals surface area contributed by atoms with Gasteiger partial charge >= 0.3 is 0 Å². The molecule has 0 saturated carbocycles. The second-order valence-electron chi connectivity index (χ2n) is 6.88. The molecular weight excluding hydrogens is 328 g/mol. The van der Waals surface area contributed by atoms with Crippen LogP contribution in [0, 0.1) is 0 Å². The monoisotopic (exact) mass is 362 g/mol. The quantitative estimate of drug-likeness (QED) is 0.225. The van der Waals surface area contributed by atoms with Gasteiger partial charge in [0.25, 0.3) is 0 Å². The van der Waals surface area contributed by atoms with Crippen LogP contribution in [0.25, 0.3) is 0 Å². The van der Waals surface area contributed by atoms with E-state index in [4.69, 9.17) is 0 Å². The van der Waals surface area contributed by atoms with Crippen molar-refractivity contribution in [3.63, 3.8) is 0 Å². The second kappa shape index (κ2) is 11.8. The molecule has 0 aromatic carbocycles. The first kappa shape index (κ1) is 22.3. The molecule has 0 aliphatic carbocycles. The van der Waals surface area contributed by atoms with Crippen LogP contribution in [-0.4, -0.2) is 81.1 Å². The molecule has 1 heterocycles. The van der Waals surface area contributed by atoms with E-state index in [9.17, 15) is 30.3 Å². The van der Waals surface area contributed by atoms with Gasteiger partial charge in [-0.05, 0) is 12.8 Å². The number of hydrogen-bond acceptors (Lipinski definition) is 7. The van der Waals surface area contributed by atoms with Crippen molar-refractivity contribution in [3.05, 3.63) is 0 Å². The highest BCUT2D eigenvalue weighted by atomic mass is 16.4. The van der Waals surface area contributed by atoms with Crippen LogP contribution >= 0.6 is 0 Å². The fraction of sp³-hybridized carbons (Fsp3) is 0.941. The zero-order chi connectivity index (χ0) is 18.8. The standard InChI is InChI=1S/C17H34N2O6/c1-2-3-4-5-6-11(21)7-8-14(22)18-9-12-15(23)17(25)16(24)13(10-20)19-12/h11-13,15-17,19-21,23-25H,2-10H2,1H3,(H,18,22)/t11?,12-,13-,15+,16-,17-/m1/s1. The van der Waals surface area contributed by atoms with Crippen LogP contribution in [0.5, 0.6) is 0 Å². The van der Waals surface area contributed by atoms with Gasteiger partial charge in [-0.3, -0.25) is 4.79 Å². The van der Waals surface area contributed by atoms with E-state index < -0.39 is 36.5 Å². The predicted molar refractivity (Wildman–Crippen MR) is 92.8 cm³/mol. The van der Waals surface area contributed by atoms with Gasteiger partial charge in [-0.2, -0.15) is 0 Å². The average molecular weight is 362 g/mol. The van der Waals surface area contributed by atoms with Crippen molar-refractivity contribution in [1.29, 1.82) is 0 Å². The summed E-state index contributed by atoms with van der Waals surface area (Å²) >= 11 is 0. The number of carbonyl (C=O) groups is 1. The van der Waals surface area contributed by atoms with Crippen molar-refractivity contribution < 1.29 is 30.3 Å². The molecule has 0 aromatic heterocycles. The minimum Gasteiger partial charge on any atom is -0.395 e. The number of carbonyl (C=O) groups excluding carboxylic acids is 1. The van der Waals surface area contributed by atoms with Crippen molar-refractivity contribution in [2.24, 2.45) is 0 Å². The lowest BCUT2D eigenvalue weighted by Gasteiger charge is -2.41. The number of nitrogens with one attached hydrogen (secondary N) is 2. The van der Waals surface area contributed by atoms with Crippen LogP contribution in [0.3, 0.4) is 0 Å². The number of piperidine rings is 1. The number of rotatable bonds is 11. The predicted octanol–water partition coefficient (Wildman–Crippen LogP) is -1.37. The van der Waals surface area contributed by atoms with Gasteiger partial charge in [0.05, 0.1) is 37.0 Å². The van der Waals surface area contributed by atoms with E-state index in [2.05, 4.69) is 17.6 Å². The zero-order valence-corrected chi connectivity index (χ0v) is 15.0. The molecule has 1 fully saturated rings. The highest BCUT2D eigenvalue weighted by Gasteiger charge is 2.41. The SMILES string of the molecule is CCCCCCC(O)CCC(=O)NC[C@H]1N[C@H](CO)[C@@H](O)[C@H](O)[C@H]1O. The Kier molecular flexibility index (Phi) is 10.5. The Bertz CT molecular complexity index is 382. The highest BCUT2D eigenvalue weighted by molar-refractivity contribution is 5.75. The summed E-state index contributed by atoms with van der Waals surface area (Å²) in [5.41, 5.74) is 0. The van der Waals surface area contributed by atoms with Crippen molar-refractivity contribution in [2.75, 3.05) is 13.2 Å². The number of aliphatic hydroxyl groups excluding tert-OH is 5. The summed E-state index contributed by atoms with van der Waals surface area (Å²) in [5, 5.41) is 53.9. The van der Waals surface area contributed by atoms with E-state index >= 15 is 0 Å². The van der Waals surface area contributed by atoms with Crippen LogP contribution in [0.15, 0.2) is 0 Å². The smallest absolute Gasteiger partial charge is 0.220 e. The number of hydrogen-bond donors (Lipinski definition) is 7. The molecule has 6 atom stereocenters. The zero-order valence-electron chi connectivity index (χ0n) is 15.0. The largest absolute Gasteiger partial charge is 0.395 e. The third kappa shape index (κ3) is 7.55. The van der Waals surface area contributed by atoms with Gasteiger partial charge in [0.2, 0.25) is 5.91 Å². The fourth-order valence-corrected chi connectivity index (χ4v) is 3.05.